The lowest BCUT2D eigenvalue weighted by Crippen LogP contribution is -2.71. The summed E-state index contributed by atoms with van der Waals surface area (Å²) in [5, 5.41) is 17.9. The lowest BCUT2D eigenvalue weighted by atomic mass is 10.0. The number of thioether (sulfide) groups is 1. The summed E-state index contributed by atoms with van der Waals surface area (Å²) in [7, 11) is 1.25. The first-order chi connectivity index (χ1) is 21.5. The number of oxime groups is 1. The maximum atomic E-state index is 13.3. The summed E-state index contributed by atoms with van der Waals surface area (Å²) in [5.74, 6) is -2.25. The van der Waals surface area contributed by atoms with Crippen molar-refractivity contribution in [2.24, 2.45) is 21.6 Å². The topological polar surface area (TPSA) is 225 Å². The van der Waals surface area contributed by atoms with E-state index in [0.29, 0.717) is 23.6 Å². The number of anilines is 1. The number of nitrogens with zero attached hydrogens (tertiary/aromatic N) is 7. The molecule has 2 amide bonds. The van der Waals surface area contributed by atoms with Crippen molar-refractivity contribution in [3.05, 3.63) is 62.3 Å². The number of carboxylic acids is 1. The minimum absolute atomic E-state index is 0.00793. The Labute approximate surface area is 271 Å². The zero-order chi connectivity index (χ0) is 32.0. The standard InChI is InChI=1S/C25H24ClN11O5S3/c1-42-33-16(15-19(26)45-25(29)32-15)20(38)31-17-21(39)37-18(23(40)41)11(9-44-22(17)37)7-35-3-2-14-34(4-5-36(14)35)8-13-6-12(10-43-13)30-24(27)28/h2-6,10,17,22H,7-9H2,1H3,(H7-,27,28,29,30,31,32,38,40,41)/p+1/b33-16-/t17-,22-/m1/s1. The number of thiophene rings is 1. The van der Waals surface area contributed by atoms with Gasteiger partial charge in [-0.3, -0.25) is 14.5 Å². The highest BCUT2D eigenvalue weighted by atomic mass is 35.5. The van der Waals surface area contributed by atoms with Gasteiger partial charge in [0.1, 0.15) is 47.0 Å². The molecule has 4 aromatic heterocycles. The quantitative estimate of drug-likeness (QED) is 0.0510. The second kappa shape index (κ2) is 12.1. The van der Waals surface area contributed by atoms with E-state index < -0.39 is 29.2 Å². The molecular formula is C25H25ClN11O5S3+. The number of nitrogens with one attached hydrogen (secondary N) is 1. The summed E-state index contributed by atoms with van der Waals surface area (Å²) in [6, 6.07) is 2.83. The molecule has 1 fully saturated rings. The zero-order valence-electron chi connectivity index (χ0n) is 23.3. The second-order valence-corrected chi connectivity index (χ2v) is 13.5. The Bertz CT molecular complexity index is 1940. The van der Waals surface area contributed by atoms with Gasteiger partial charge in [-0.1, -0.05) is 28.1 Å². The van der Waals surface area contributed by atoms with E-state index in [1.165, 1.54) is 35.1 Å². The highest BCUT2D eigenvalue weighted by Crippen LogP contribution is 2.41. The molecule has 0 bridgehead atoms. The number of aliphatic carboxylic acids is 1. The van der Waals surface area contributed by atoms with Crippen LogP contribution in [0.5, 0.6) is 0 Å². The van der Waals surface area contributed by atoms with Gasteiger partial charge in [-0.25, -0.2) is 24.0 Å². The number of aliphatic imine (C=N–C) groups is 1. The second-order valence-electron chi connectivity index (χ2n) is 9.77. The maximum absolute atomic E-state index is 13.3. The van der Waals surface area contributed by atoms with Gasteiger partial charge in [0.05, 0.1) is 24.5 Å². The lowest BCUT2D eigenvalue weighted by molar-refractivity contribution is -0.661. The molecule has 0 saturated carbocycles. The third-order valence-electron chi connectivity index (χ3n) is 6.93. The van der Waals surface area contributed by atoms with Gasteiger partial charge in [-0.05, 0) is 11.6 Å². The molecule has 4 aromatic rings. The predicted molar refractivity (Wildman–Crippen MR) is 169 cm³/mol. The van der Waals surface area contributed by atoms with Gasteiger partial charge in [-0.2, -0.15) is 0 Å². The number of carboxylic acid groups (broad SMARTS) is 1. The van der Waals surface area contributed by atoms with Gasteiger partial charge >= 0.3 is 11.6 Å². The molecule has 20 heteroatoms. The maximum Gasteiger partial charge on any atom is 0.352 e. The molecule has 0 aromatic carbocycles. The molecule has 6 rings (SSSR count). The third-order valence-corrected chi connectivity index (χ3v) is 10.3. The van der Waals surface area contributed by atoms with Gasteiger partial charge in [0.25, 0.3) is 11.8 Å². The largest absolute Gasteiger partial charge is 0.477 e. The smallest absolute Gasteiger partial charge is 0.352 e. The van der Waals surface area contributed by atoms with E-state index in [4.69, 9.17) is 33.6 Å². The number of nitrogens with two attached hydrogens (primary N) is 3. The van der Waals surface area contributed by atoms with Crippen LogP contribution in [0.2, 0.25) is 4.34 Å². The van der Waals surface area contributed by atoms with Crippen LogP contribution in [0.1, 0.15) is 10.6 Å². The molecule has 0 aliphatic carbocycles. The molecule has 234 valence electrons. The summed E-state index contributed by atoms with van der Waals surface area (Å²) >= 11 is 9.99. The predicted octanol–water partition coefficient (Wildman–Crippen LogP) is 0.524. The van der Waals surface area contributed by atoms with Crippen LogP contribution in [0, 0.1) is 0 Å². The fourth-order valence-corrected chi connectivity index (χ4v) is 8.15. The van der Waals surface area contributed by atoms with E-state index in [1.54, 1.807) is 0 Å². The van der Waals surface area contributed by atoms with Crippen LogP contribution in [0.25, 0.3) is 5.65 Å². The number of nitrogen functional groups attached to an aromatic ring is 1. The highest BCUT2D eigenvalue weighted by molar-refractivity contribution is 8.00. The third kappa shape index (κ3) is 5.70. The molecule has 0 unspecified atom stereocenters. The summed E-state index contributed by atoms with van der Waals surface area (Å²) in [6.45, 7) is 0.808. The Balaban J connectivity index is 1.19. The van der Waals surface area contributed by atoms with Crippen molar-refractivity contribution in [3.63, 3.8) is 0 Å². The van der Waals surface area contributed by atoms with Crippen molar-refractivity contribution in [1.82, 2.24) is 24.4 Å². The van der Waals surface area contributed by atoms with Crippen molar-refractivity contribution in [2.45, 2.75) is 24.5 Å². The molecule has 0 radical (unpaired) electrons. The monoisotopic (exact) mass is 690 g/mol. The minimum Gasteiger partial charge on any atom is -0.477 e. The minimum atomic E-state index is -1.24. The van der Waals surface area contributed by atoms with E-state index in [1.807, 2.05) is 49.9 Å². The number of β-lactam (4-membered cyclic amide) rings is 1. The first-order valence-electron chi connectivity index (χ1n) is 13.0. The van der Waals surface area contributed by atoms with E-state index in [2.05, 4.69) is 20.4 Å². The van der Waals surface area contributed by atoms with Crippen LogP contribution in [-0.4, -0.2) is 77.9 Å². The summed E-state index contributed by atoms with van der Waals surface area (Å²) in [6.07, 6.45) is 5.65. The number of hydrogen-bond acceptors (Lipinski definition) is 11. The van der Waals surface area contributed by atoms with Crippen LogP contribution in [-0.2, 0) is 32.3 Å². The van der Waals surface area contributed by atoms with Gasteiger partial charge in [0, 0.05) is 16.0 Å². The van der Waals surface area contributed by atoms with Crippen LogP contribution in [0.3, 0.4) is 0 Å². The van der Waals surface area contributed by atoms with E-state index in [0.717, 1.165) is 21.9 Å². The van der Waals surface area contributed by atoms with Crippen LogP contribution >= 0.6 is 46.0 Å². The van der Waals surface area contributed by atoms with Crippen molar-refractivity contribution >= 4 is 92.0 Å². The van der Waals surface area contributed by atoms with Gasteiger partial charge in [0.2, 0.25) is 0 Å². The molecule has 0 spiro atoms. The number of thiazole rings is 1. The normalized spacial score (nSPS) is 18.1. The SMILES string of the molecule is CO/N=C(\C(=O)N[C@@H]1C(=O)N2C(C(=O)O)=C(Cn3ccc4n3cc[n+]4Cc3cc(N=C(N)N)cs3)CS[C@H]12)c1nc(N)sc1Cl. The number of aromatic nitrogens is 4. The number of halogens is 1. The van der Waals surface area contributed by atoms with E-state index in [9.17, 15) is 19.5 Å². The summed E-state index contributed by atoms with van der Waals surface area (Å²) in [5.41, 5.74) is 18.4. The highest BCUT2D eigenvalue weighted by Gasteiger charge is 2.54. The van der Waals surface area contributed by atoms with Gasteiger partial charge < -0.3 is 32.5 Å². The number of imidazole rings is 1. The lowest BCUT2D eigenvalue weighted by Gasteiger charge is -2.49. The molecule has 16 nitrogen and oxygen atoms in total. The fourth-order valence-electron chi connectivity index (χ4n) is 5.09. The van der Waals surface area contributed by atoms with Crippen LogP contribution in [0.15, 0.2) is 57.5 Å². The zero-order valence-corrected chi connectivity index (χ0v) is 26.5. The molecule has 45 heavy (non-hydrogen) atoms. The van der Waals surface area contributed by atoms with E-state index >= 15 is 0 Å². The Morgan fingerprint density at radius 1 is 1.33 bits per heavy atom. The molecular weight excluding hydrogens is 666 g/mol. The fraction of sp³-hybridized carbons (Fsp3) is 0.240. The number of fused-ring (bicyclic) bond motifs is 2. The van der Waals surface area contributed by atoms with E-state index in [-0.39, 0.29) is 39.1 Å². The molecule has 2 atom stereocenters. The average Bonchev–Trinajstić information content (AvgIpc) is 3.77. The Hall–Kier alpha value is -4.59. The summed E-state index contributed by atoms with van der Waals surface area (Å²) in [4.78, 5) is 54.0. The first-order valence-corrected chi connectivity index (χ1v) is 16.1. The first kappa shape index (κ1) is 30.4. The number of amides is 2. The molecule has 6 heterocycles. The molecule has 8 N–H and O–H groups in total. The Morgan fingerprint density at radius 3 is 2.82 bits per heavy atom. The number of carbonyl (C=O) groups excluding carboxylic acids is 2. The number of carbonyl (C=O) groups is 3. The van der Waals surface area contributed by atoms with Gasteiger partial charge in [-0.15, -0.1) is 27.6 Å². The van der Waals surface area contributed by atoms with Crippen molar-refractivity contribution in [3.8, 4) is 0 Å². The van der Waals surface area contributed by atoms with Crippen molar-refractivity contribution in [2.75, 3.05) is 18.6 Å². The van der Waals surface area contributed by atoms with Crippen LogP contribution in [0.4, 0.5) is 10.8 Å². The Morgan fingerprint density at radius 2 is 2.13 bits per heavy atom. The number of hydrogen-bond donors (Lipinski definition) is 5. The Kier molecular flexibility index (Phi) is 8.16. The van der Waals surface area contributed by atoms with Crippen LogP contribution < -0.4 is 27.1 Å². The average molecular weight is 691 g/mol. The van der Waals surface area contributed by atoms with Crippen molar-refractivity contribution < 1.29 is 28.9 Å². The van der Waals surface area contributed by atoms with Gasteiger partial charge in [0.15, 0.2) is 23.0 Å². The molecule has 2 aliphatic rings. The van der Waals surface area contributed by atoms with Crippen molar-refractivity contribution in [1.29, 1.82) is 0 Å². The number of rotatable bonds is 10. The molecule has 1 saturated heterocycles. The summed E-state index contributed by atoms with van der Waals surface area (Å²) < 4.78 is 5.94. The number of guanidine groups is 1. The molecule has 2 aliphatic heterocycles.